The van der Waals surface area contributed by atoms with Crippen LogP contribution in [-0.4, -0.2) is 140 Å². The van der Waals surface area contributed by atoms with Crippen molar-refractivity contribution in [3.8, 4) is 0 Å². The third-order valence-electron chi connectivity index (χ3n) is 5.57. The predicted molar refractivity (Wildman–Crippen MR) is 102 cm³/mol. The molecule has 0 unspecified atom stereocenters. The van der Waals surface area contributed by atoms with Gasteiger partial charge >= 0.3 is 5.97 Å². The molecule has 0 saturated carbocycles. The summed E-state index contributed by atoms with van der Waals surface area (Å²) in [6.07, 6.45) is -15.7. The average molecular weight is 485 g/mol. The minimum atomic E-state index is -2.65. The molecule has 15 nitrogen and oxygen atoms in total. The predicted octanol–water partition coefficient (Wildman–Crippen LogP) is -5.39. The second-order valence-corrected chi connectivity index (χ2v) is 7.94. The molecule has 11 atom stereocenters. The van der Waals surface area contributed by atoms with Crippen molar-refractivity contribution in [2.75, 3.05) is 20.3 Å². The van der Waals surface area contributed by atoms with Crippen LogP contribution in [0.15, 0.2) is 0 Å². The van der Waals surface area contributed by atoms with Crippen LogP contribution in [0.5, 0.6) is 0 Å². The maximum absolute atomic E-state index is 12.1. The molecule has 2 aliphatic heterocycles. The molecule has 2 fully saturated rings. The minimum absolute atomic E-state index is 0.654. The van der Waals surface area contributed by atoms with Crippen LogP contribution in [0.4, 0.5) is 0 Å². The largest absolute Gasteiger partial charge is 0.477 e. The van der Waals surface area contributed by atoms with Gasteiger partial charge in [-0.1, -0.05) is 0 Å². The van der Waals surface area contributed by atoms with Crippen molar-refractivity contribution in [2.45, 2.75) is 80.3 Å². The zero-order chi connectivity index (χ0) is 25.1. The Bertz CT molecular complexity index is 679. The highest BCUT2D eigenvalue weighted by molar-refractivity contribution is 5.76. The van der Waals surface area contributed by atoms with Gasteiger partial charge in [0, 0.05) is 20.5 Å². The summed E-state index contributed by atoms with van der Waals surface area (Å²) in [5.74, 6) is -5.06. The molecule has 2 saturated heterocycles. The fourth-order valence-electron chi connectivity index (χ4n) is 3.74. The van der Waals surface area contributed by atoms with Gasteiger partial charge in [0.2, 0.25) is 5.91 Å². The van der Waals surface area contributed by atoms with Crippen LogP contribution in [0.25, 0.3) is 0 Å². The Balaban J connectivity index is 2.28. The quantitative estimate of drug-likeness (QED) is 0.148. The molecule has 0 spiro atoms. The highest BCUT2D eigenvalue weighted by atomic mass is 16.7. The SMILES string of the molecule is CO[C@@H]1O[C@H](CO[C@]2(C(=O)O)C[C@H](O)[C@@H](NC(C)=O)[C@H]([C@H](O)[C@H](O)CO)O2)[C@H](O)[C@H](O)[C@H]1O. The Morgan fingerprint density at radius 2 is 1.79 bits per heavy atom. The van der Waals surface area contributed by atoms with E-state index in [4.69, 9.17) is 24.1 Å². The molecule has 2 aliphatic rings. The van der Waals surface area contributed by atoms with Crippen molar-refractivity contribution in [1.82, 2.24) is 5.32 Å². The van der Waals surface area contributed by atoms with Crippen molar-refractivity contribution < 1.29 is 69.4 Å². The number of nitrogens with one attached hydrogen (secondary N) is 1. The van der Waals surface area contributed by atoms with Gasteiger partial charge in [-0.2, -0.15) is 0 Å². The zero-order valence-corrected chi connectivity index (χ0v) is 17.9. The third-order valence-corrected chi connectivity index (χ3v) is 5.57. The molecular weight excluding hydrogens is 454 g/mol. The summed E-state index contributed by atoms with van der Waals surface area (Å²) in [6.45, 7) is -0.576. The Labute approximate surface area is 188 Å². The van der Waals surface area contributed by atoms with Crippen molar-refractivity contribution in [2.24, 2.45) is 0 Å². The molecule has 0 aromatic carbocycles. The summed E-state index contributed by atoms with van der Waals surface area (Å²) >= 11 is 0. The Morgan fingerprint density at radius 3 is 2.30 bits per heavy atom. The molecule has 0 radical (unpaired) electrons. The van der Waals surface area contributed by atoms with E-state index in [1.54, 1.807) is 0 Å². The van der Waals surface area contributed by atoms with Crippen LogP contribution < -0.4 is 5.32 Å². The maximum Gasteiger partial charge on any atom is 0.364 e. The normalized spacial score (nSPS) is 41.2. The standard InChI is InChI=1S/C18H31NO14/c1-6(21)19-10-7(22)3-18(17(28)29,33-15(10)11(24)8(23)4-20)31-5-9-12(25)13(26)14(27)16(30-2)32-9/h7-16,20,22-27H,3-5H2,1-2H3,(H,19,21)(H,28,29)/t7-,8+,9+,10+,11+,12-,13-,14+,15+,16+,18+/m0/s1. The lowest BCUT2D eigenvalue weighted by Gasteiger charge is -2.47. The van der Waals surface area contributed by atoms with Gasteiger partial charge in [0.25, 0.3) is 5.79 Å². The molecule has 0 aliphatic carbocycles. The molecule has 2 rings (SSSR count). The van der Waals surface area contributed by atoms with Gasteiger partial charge in [0.1, 0.15) is 42.7 Å². The molecular formula is C18H31NO14. The van der Waals surface area contributed by atoms with E-state index < -0.39 is 98.5 Å². The lowest BCUT2D eigenvalue weighted by atomic mass is 9.88. The summed E-state index contributed by atoms with van der Waals surface area (Å²) in [7, 11) is 1.16. The summed E-state index contributed by atoms with van der Waals surface area (Å²) in [4.78, 5) is 23.6. The first kappa shape index (κ1) is 27.7. The fraction of sp³-hybridized carbons (Fsp3) is 0.889. The number of hydrogen-bond acceptors (Lipinski definition) is 13. The van der Waals surface area contributed by atoms with E-state index in [9.17, 15) is 45.3 Å². The molecule has 15 heteroatoms. The molecule has 0 bridgehead atoms. The van der Waals surface area contributed by atoms with Crippen LogP contribution in [-0.2, 0) is 28.5 Å². The smallest absolute Gasteiger partial charge is 0.364 e. The third kappa shape index (κ3) is 5.95. The van der Waals surface area contributed by atoms with E-state index in [-0.39, 0.29) is 0 Å². The second-order valence-electron chi connectivity index (χ2n) is 7.94. The van der Waals surface area contributed by atoms with E-state index in [2.05, 4.69) is 5.32 Å². The molecule has 0 aromatic heterocycles. The number of carbonyl (C=O) groups excluding carboxylic acids is 1. The topological polar surface area (TPSA) is 245 Å². The molecule has 192 valence electrons. The average Bonchev–Trinajstić information content (AvgIpc) is 2.77. The van der Waals surface area contributed by atoms with Crippen LogP contribution in [0.3, 0.4) is 0 Å². The van der Waals surface area contributed by atoms with Crippen molar-refractivity contribution in [3.05, 3.63) is 0 Å². The van der Waals surface area contributed by atoms with Crippen LogP contribution >= 0.6 is 0 Å². The molecule has 2 heterocycles. The van der Waals surface area contributed by atoms with Crippen molar-refractivity contribution >= 4 is 11.9 Å². The number of carbonyl (C=O) groups is 2. The number of aliphatic hydroxyl groups excluding tert-OH is 7. The molecule has 1 amide bonds. The highest BCUT2D eigenvalue weighted by Crippen LogP contribution is 2.34. The van der Waals surface area contributed by atoms with Gasteiger partial charge in [0.05, 0.1) is 25.4 Å². The van der Waals surface area contributed by atoms with Gasteiger partial charge in [-0.15, -0.1) is 0 Å². The van der Waals surface area contributed by atoms with E-state index in [1.807, 2.05) is 0 Å². The number of rotatable bonds is 9. The van der Waals surface area contributed by atoms with Gasteiger partial charge in [0.15, 0.2) is 6.29 Å². The maximum atomic E-state index is 12.1. The number of methoxy groups -OCH3 is 1. The lowest BCUT2D eigenvalue weighted by Crippen LogP contribution is -2.68. The van der Waals surface area contributed by atoms with Gasteiger partial charge in [-0.25, -0.2) is 4.79 Å². The van der Waals surface area contributed by atoms with E-state index in [1.165, 1.54) is 0 Å². The van der Waals surface area contributed by atoms with Gasteiger partial charge in [-0.05, 0) is 0 Å². The Morgan fingerprint density at radius 1 is 1.15 bits per heavy atom. The van der Waals surface area contributed by atoms with Gasteiger partial charge in [-0.3, -0.25) is 4.79 Å². The number of carboxylic acid groups (broad SMARTS) is 1. The van der Waals surface area contributed by atoms with Crippen molar-refractivity contribution in [1.29, 1.82) is 0 Å². The Kier molecular flexibility index (Phi) is 9.49. The molecule has 33 heavy (non-hydrogen) atoms. The van der Waals surface area contributed by atoms with Crippen LogP contribution in [0, 0.1) is 0 Å². The first-order valence-electron chi connectivity index (χ1n) is 10.1. The number of carboxylic acids is 1. The number of amides is 1. The van der Waals surface area contributed by atoms with E-state index in [0.717, 1.165) is 14.0 Å². The highest BCUT2D eigenvalue weighted by Gasteiger charge is 2.56. The zero-order valence-electron chi connectivity index (χ0n) is 17.9. The monoisotopic (exact) mass is 485 g/mol. The van der Waals surface area contributed by atoms with Crippen LogP contribution in [0.1, 0.15) is 13.3 Å². The number of aliphatic carboxylic acids is 1. The lowest BCUT2D eigenvalue weighted by molar-refractivity contribution is -0.336. The van der Waals surface area contributed by atoms with Gasteiger partial charge < -0.3 is 65.1 Å². The van der Waals surface area contributed by atoms with Crippen molar-refractivity contribution in [3.63, 3.8) is 0 Å². The number of hydrogen-bond donors (Lipinski definition) is 9. The minimum Gasteiger partial charge on any atom is -0.477 e. The van der Waals surface area contributed by atoms with Crippen LogP contribution in [0.2, 0.25) is 0 Å². The summed E-state index contributed by atoms with van der Waals surface area (Å²) in [5, 5.41) is 81.9. The Hall–Kier alpha value is -1.50. The molecule has 9 N–H and O–H groups in total. The first-order chi connectivity index (χ1) is 15.4. The second kappa shape index (κ2) is 11.3. The van der Waals surface area contributed by atoms with E-state index in [0.29, 0.717) is 0 Å². The summed E-state index contributed by atoms with van der Waals surface area (Å²) in [6, 6.07) is -1.37. The number of ether oxygens (including phenoxy) is 4. The molecule has 0 aromatic rings. The summed E-state index contributed by atoms with van der Waals surface area (Å²) < 4.78 is 20.9. The van der Waals surface area contributed by atoms with E-state index >= 15 is 0 Å². The number of aliphatic hydroxyl groups is 7. The first-order valence-corrected chi connectivity index (χ1v) is 10.1. The summed E-state index contributed by atoms with van der Waals surface area (Å²) in [5.41, 5.74) is 0. The fourth-order valence-corrected chi connectivity index (χ4v) is 3.74.